The van der Waals surface area contributed by atoms with Crippen LogP contribution in [-0.4, -0.2) is 18.3 Å². The monoisotopic (exact) mass is 272 g/mol. The van der Waals surface area contributed by atoms with Gasteiger partial charge < -0.3 is 11.5 Å². The maximum Gasteiger partial charge on any atom is 0.195 e. The zero-order valence-corrected chi connectivity index (χ0v) is 11.8. The summed E-state index contributed by atoms with van der Waals surface area (Å²) in [6.45, 7) is 0. The Balaban J connectivity index is 2.36. The summed E-state index contributed by atoms with van der Waals surface area (Å²) in [5.74, 6) is 0.0665. The van der Waals surface area contributed by atoms with Crippen molar-refractivity contribution >= 4 is 27.2 Å². The van der Waals surface area contributed by atoms with E-state index in [2.05, 4.69) is 12.5 Å². The van der Waals surface area contributed by atoms with Gasteiger partial charge in [0.25, 0.3) is 0 Å². The SMILES string of the molecule is CS1(C)c2cc(N)ccc2C(=O)c2ccc(N)cc21. The molecule has 0 saturated carbocycles. The third kappa shape index (κ3) is 1.64. The molecule has 1 heterocycles. The van der Waals surface area contributed by atoms with Crippen LogP contribution in [-0.2, 0) is 0 Å². The third-order valence-corrected chi connectivity index (χ3v) is 6.47. The van der Waals surface area contributed by atoms with Crippen molar-refractivity contribution in [2.24, 2.45) is 0 Å². The van der Waals surface area contributed by atoms with E-state index < -0.39 is 10.0 Å². The lowest BCUT2D eigenvalue weighted by molar-refractivity contribution is 0.103. The van der Waals surface area contributed by atoms with Gasteiger partial charge in [0.15, 0.2) is 5.78 Å². The smallest absolute Gasteiger partial charge is 0.195 e. The highest BCUT2D eigenvalue weighted by Gasteiger charge is 2.33. The van der Waals surface area contributed by atoms with Crippen LogP contribution in [0.4, 0.5) is 11.4 Å². The highest BCUT2D eigenvalue weighted by molar-refractivity contribution is 8.32. The minimum atomic E-state index is -1.26. The number of carbonyl (C=O) groups excluding carboxylic acids is 1. The van der Waals surface area contributed by atoms with Crippen molar-refractivity contribution in [3.05, 3.63) is 47.5 Å². The second-order valence-corrected chi connectivity index (χ2v) is 8.70. The molecule has 0 aliphatic carbocycles. The molecular weight excluding hydrogens is 256 g/mol. The fraction of sp³-hybridized carbons (Fsp3) is 0.133. The first-order chi connectivity index (χ1) is 8.91. The van der Waals surface area contributed by atoms with E-state index in [0.29, 0.717) is 11.4 Å². The summed E-state index contributed by atoms with van der Waals surface area (Å²) in [7, 11) is -1.26. The zero-order chi connectivity index (χ0) is 13.8. The number of nitrogens with two attached hydrogens (primary N) is 2. The summed E-state index contributed by atoms with van der Waals surface area (Å²) in [5, 5.41) is 0. The fourth-order valence-electron chi connectivity index (χ4n) is 2.56. The molecule has 98 valence electrons. The molecule has 19 heavy (non-hydrogen) atoms. The van der Waals surface area contributed by atoms with Crippen LogP contribution >= 0.6 is 10.0 Å². The summed E-state index contributed by atoms with van der Waals surface area (Å²) in [6, 6.07) is 11.1. The lowest BCUT2D eigenvalue weighted by atomic mass is 10.0. The Bertz CT molecular complexity index is 650. The molecule has 3 nitrogen and oxygen atoms in total. The first-order valence-electron chi connectivity index (χ1n) is 5.98. The Morgan fingerprint density at radius 1 is 0.842 bits per heavy atom. The van der Waals surface area contributed by atoms with E-state index in [1.54, 1.807) is 12.1 Å². The minimum absolute atomic E-state index is 0.0665. The van der Waals surface area contributed by atoms with Gasteiger partial charge in [-0.2, -0.15) is 10.0 Å². The van der Waals surface area contributed by atoms with Gasteiger partial charge in [0.2, 0.25) is 0 Å². The van der Waals surface area contributed by atoms with Crippen molar-refractivity contribution in [1.82, 2.24) is 0 Å². The minimum Gasteiger partial charge on any atom is -0.399 e. The summed E-state index contributed by atoms with van der Waals surface area (Å²) >= 11 is 0. The average Bonchev–Trinajstić information content (AvgIpc) is 2.36. The van der Waals surface area contributed by atoms with E-state index in [9.17, 15) is 4.79 Å². The Morgan fingerprint density at radius 2 is 1.26 bits per heavy atom. The van der Waals surface area contributed by atoms with Crippen LogP contribution in [0.15, 0.2) is 46.2 Å². The van der Waals surface area contributed by atoms with Crippen LogP contribution in [0.25, 0.3) is 0 Å². The van der Waals surface area contributed by atoms with Crippen LogP contribution in [0.1, 0.15) is 15.9 Å². The Hall–Kier alpha value is -1.94. The normalized spacial score (nSPS) is 17.5. The molecule has 0 amide bonds. The molecule has 0 atom stereocenters. The molecule has 0 bridgehead atoms. The Morgan fingerprint density at radius 3 is 1.68 bits per heavy atom. The first-order valence-corrected chi connectivity index (χ1v) is 8.43. The van der Waals surface area contributed by atoms with E-state index in [0.717, 1.165) is 20.9 Å². The molecule has 0 unspecified atom stereocenters. The topological polar surface area (TPSA) is 69.1 Å². The fourth-order valence-corrected chi connectivity index (χ4v) is 5.08. The number of hydrogen-bond donors (Lipinski definition) is 2. The molecule has 2 aromatic carbocycles. The lowest BCUT2D eigenvalue weighted by Gasteiger charge is -2.39. The molecule has 0 spiro atoms. The van der Waals surface area contributed by atoms with E-state index in [-0.39, 0.29) is 5.78 Å². The summed E-state index contributed by atoms with van der Waals surface area (Å²) in [4.78, 5) is 14.7. The molecule has 3 rings (SSSR count). The number of anilines is 2. The van der Waals surface area contributed by atoms with Crippen LogP contribution in [0.5, 0.6) is 0 Å². The predicted molar refractivity (Wildman–Crippen MR) is 81.1 cm³/mol. The van der Waals surface area contributed by atoms with Crippen molar-refractivity contribution in [2.45, 2.75) is 9.79 Å². The van der Waals surface area contributed by atoms with Gasteiger partial charge in [-0.05, 0) is 48.9 Å². The van der Waals surface area contributed by atoms with E-state index in [1.165, 1.54) is 0 Å². The van der Waals surface area contributed by atoms with Crippen molar-refractivity contribution < 1.29 is 4.79 Å². The summed E-state index contributed by atoms with van der Waals surface area (Å²) < 4.78 is 0. The third-order valence-electron chi connectivity index (χ3n) is 3.60. The maximum atomic E-state index is 12.6. The lowest BCUT2D eigenvalue weighted by Crippen LogP contribution is -2.18. The highest BCUT2D eigenvalue weighted by Crippen LogP contribution is 2.62. The van der Waals surface area contributed by atoms with Gasteiger partial charge in [-0.25, -0.2) is 0 Å². The largest absolute Gasteiger partial charge is 0.399 e. The van der Waals surface area contributed by atoms with E-state index in [1.807, 2.05) is 24.3 Å². The van der Waals surface area contributed by atoms with Crippen molar-refractivity contribution in [2.75, 3.05) is 24.0 Å². The molecule has 0 aromatic heterocycles. The molecule has 2 aromatic rings. The van der Waals surface area contributed by atoms with Gasteiger partial charge in [0.05, 0.1) is 0 Å². The van der Waals surface area contributed by atoms with Crippen LogP contribution in [0, 0.1) is 0 Å². The van der Waals surface area contributed by atoms with Gasteiger partial charge in [-0.1, -0.05) is 0 Å². The summed E-state index contributed by atoms with van der Waals surface area (Å²) in [5.41, 5.74) is 14.7. The van der Waals surface area contributed by atoms with Gasteiger partial charge in [-0.15, -0.1) is 0 Å². The van der Waals surface area contributed by atoms with Gasteiger partial charge in [0, 0.05) is 32.3 Å². The zero-order valence-electron chi connectivity index (χ0n) is 10.9. The molecule has 1 aliphatic rings. The first kappa shape index (κ1) is 12.1. The van der Waals surface area contributed by atoms with Gasteiger partial charge >= 0.3 is 0 Å². The number of carbonyl (C=O) groups is 1. The molecule has 4 N–H and O–H groups in total. The number of hydrogen-bond acceptors (Lipinski definition) is 3. The highest BCUT2D eigenvalue weighted by atomic mass is 32.3. The van der Waals surface area contributed by atoms with Gasteiger partial charge in [-0.3, -0.25) is 4.79 Å². The Labute approximate surface area is 113 Å². The number of fused-ring (bicyclic) bond motifs is 2. The molecular formula is C15H16N2OS. The second-order valence-electron chi connectivity index (χ2n) is 5.17. The van der Waals surface area contributed by atoms with Crippen LogP contribution in [0.3, 0.4) is 0 Å². The number of ketones is 1. The molecule has 0 radical (unpaired) electrons. The predicted octanol–water partition coefficient (Wildman–Crippen LogP) is 2.88. The average molecular weight is 272 g/mol. The van der Waals surface area contributed by atoms with Gasteiger partial charge in [0.1, 0.15) is 0 Å². The second kappa shape index (κ2) is 3.78. The Kier molecular flexibility index (Phi) is 2.41. The molecule has 4 heteroatoms. The number of nitrogen functional groups attached to an aromatic ring is 2. The van der Waals surface area contributed by atoms with Crippen LogP contribution < -0.4 is 11.5 Å². The molecule has 0 fully saturated rings. The number of benzene rings is 2. The van der Waals surface area contributed by atoms with Crippen molar-refractivity contribution in [1.29, 1.82) is 0 Å². The maximum absolute atomic E-state index is 12.6. The molecule has 0 saturated heterocycles. The van der Waals surface area contributed by atoms with E-state index >= 15 is 0 Å². The molecule has 1 aliphatic heterocycles. The quantitative estimate of drug-likeness (QED) is 0.724. The summed E-state index contributed by atoms with van der Waals surface area (Å²) in [6.07, 6.45) is 4.35. The van der Waals surface area contributed by atoms with Crippen molar-refractivity contribution in [3.8, 4) is 0 Å². The number of rotatable bonds is 0. The van der Waals surface area contributed by atoms with E-state index in [4.69, 9.17) is 11.5 Å². The van der Waals surface area contributed by atoms with Crippen molar-refractivity contribution in [3.63, 3.8) is 0 Å². The van der Waals surface area contributed by atoms with Crippen LogP contribution in [0.2, 0.25) is 0 Å². The standard InChI is InChI=1S/C15H16N2OS/c1-19(2)13-7-9(16)3-5-11(13)15(18)12-6-4-10(17)8-14(12)19/h3-8H,16-17H2,1-2H3.